The molecule has 0 unspecified atom stereocenters. The van der Waals surface area contributed by atoms with E-state index < -0.39 is 30.3 Å². The van der Waals surface area contributed by atoms with E-state index in [4.69, 9.17) is 14.9 Å². The summed E-state index contributed by atoms with van der Waals surface area (Å²) >= 11 is 0. The van der Waals surface area contributed by atoms with Crippen LogP contribution in [0.4, 0.5) is 0 Å². The molecule has 0 saturated heterocycles. The van der Waals surface area contributed by atoms with Gasteiger partial charge in [-0.15, -0.1) is 0 Å². The first-order valence-corrected chi connectivity index (χ1v) is 5.41. The van der Waals surface area contributed by atoms with E-state index in [1.165, 1.54) is 0 Å². The molecule has 1 aromatic carbocycles. The first-order chi connectivity index (χ1) is 8.99. The number of carbonyl (C=O) groups excluding carboxylic acids is 1. The van der Waals surface area contributed by atoms with Crippen LogP contribution in [-0.2, 0) is 14.4 Å². The number of carbonyl (C=O) groups is 3. The van der Waals surface area contributed by atoms with Crippen molar-refractivity contribution in [3.05, 3.63) is 30.3 Å². The zero-order valence-electron chi connectivity index (χ0n) is 9.91. The predicted octanol–water partition coefficient (Wildman–Crippen LogP) is 0.109. The fourth-order valence-corrected chi connectivity index (χ4v) is 1.28. The number of aliphatic carboxylic acids is 2. The van der Waals surface area contributed by atoms with Gasteiger partial charge in [-0.25, -0.2) is 4.79 Å². The zero-order valence-corrected chi connectivity index (χ0v) is 9.91. The maximum atomic E-state index is 11.4. The number of carboxylic acids is 2. The third-order valence-corrected chi connectivity index (χ3v) is 2.13. The SMILES string of the molecule is O=C(O)C[C@H](NC(=O)COc1ccccc1)C(=O)O. The van der Waals surface area contributed by atoms with Crippen LogP contribution in [0.3, 0.4) is 0 Å². The second-order valence-electron chi connectivity index (χ2n) is 3.66. The van der Waals surface area contributed by atoms with Crippen molar-refractivity contribution in [2.45, 2.75) is 12.5 Å². The number of nitrogens with one attached hydrogen (secondary N) is 1. The summed E-state index contributed by atoms with van der Waals surface area (Å²) in [4.78, 5) is 32.6. The quantitative estimate of drug-likeness (QED) is 0.646. The number of hydrogen-bond acceptors (Lipinski definition) is 4. The number of rotatable bonds is 7. The van der Waals surface area contributed by atoms with E-state index in [0.717, 1.165) is 0 Å². The number of benzene rings is 1. The molecule has 1 aromatic rings. The summed E-state index contributed by atoms with van der Waals surface area (Å²) in [5, 5.41) is 19.3. The van der Waals surface area contributed by atoms with E-state index in [1.54, 1.807) is 30.3 Å². The molecule has 102 valence electrons. The van der Waals surface area contributed by atoms with Crippen LogP contribution in [0.1, 0.15) is 6.42 Å². The molecule has 7 nitrogen and oxygen atoms in total. The first-order valence-electron chi connectivity index (χ1n) is 5.41. The smallest absolute Gasteiger partial charge is 0.326 e. The van der Waals surface area contributed by atoms with Gasteiger partial charge in [-0.1, -0.05) is 18.2 Å². The monoisotopic (exact) mass is 267 g/mol. The summed E-state index contributed by atoms with van der Waals surface area (Å²) in [6.45, 7) is -0.382. The predicted molar refractivity (Wildman–Crippen MR) is 63.8 cm³/mol. The molecule has 1 amide bonds. The third-order valence-electron chi connectivity index (χ3n) is 2.13. The van der Waals surface area contributed by atoms with Gasteiger partial charge in [-0.2, -0.15) is 0 Å². The Morgan fingerprint density at radius 1 is 1.16 bits per heavy atom. The van der Waals surface area contributed by atoms with E-state index in [9.17, 15) is 14.4 Å². The molecular weight excluding hydrogens is 254 g/mol. The summed E-state index contributed by atoms with van der Waals surface area (Å²) in [6, 6.07) is 7.03. The van der Waals surface area contributed by atoms with Gasteiger partial charge in [0.15, 0.2) is 6.61 Å². The van der Waals surface area contributed by atoms with Crippen LogP contribution in [-0.4, -0.2) is 40.7 Å². The van der Waals surface area contributed by atoms with Crippen molar-refractivity contribution >= 4 is 17.8 Å². The molecule has 0 saturated carbocycles. The summed E-state index contributed by atoms with van der Waals surface area (Å²) < 4.78 is 5.10. The minimum atomic E-state index is -1.47. The van der Waals surface area contributed by atoms with E-state index in [2.05, 4.69) is 5.32 Å². The van der Waals surface area contributed by atoms with Crippen LogP contribution in [0.15, 0.2) is 30.3 Å². The van der Waals surface area contributed by atoms with Crippen molar-refractivity contribution in [1.29, 1.82) is 0 Å². The molecule has 0 aliphatic carbocycles. The molecule has 0 heterocycles. The van der Waals surface area contributed by atoms with Crippen molar-refractivity contribution in [2.75, 3.05) is 6.61 Å². The van der Waals surface area contributed by atoms with Gasteiger partial charge in [0.25, 0.3) is 5.91 Å². The lowest BCUT2D eigenvalue weighted by Crippen LogP contribution is -2.44. The standard InChI is InChI=1S/C12H13NO6/c14-10(7-19-8-4-2-1-3-5-8)13-9(12(17)18)6-11(15)16/h1-5,9H,6-7H2,(H,13,14)(H,15,16)(H,17,18)/t9-/m0/s1. The summed E-state index contributed by atoms with van der Waals surface area (Å²) in [6.07, 6.45) is -0.688. The Morgan fingerprint density at radius 3 is 2.32 bits per heavy atom. The summed E-state index contributed by atoms with van der Waals surface area (Å²) in [7, 11) is 0. The second-order valence-corrected chi connectivity index (χ2v) is 3.66. The lowest BCUT2D eigenvalue weighted by molar-refractivity contribution is -0.147. The van der Waals surface area contributed by atoms with Gasteiger partial charge < -0.3 is 20.3 Å². The van der Waals surface area contributed by atoms with Crippen molar-refractivity contribution in [2.24, 2.45) is 0 Å². The molecule has 19 heavy (non-hydrogen) atoms. The number of amides is 1. The average Bonchev–Trinajstić information content (AvgIpc) is 2.36. The molecule has 1 atom stereocenters. The molecule has 0 spiro atoms. The average molecular weight is 267 g/mol. The second kappa shape index (κ2) is 7.00. The lowest BCUT2D eigenvalue weighted by Gasteiger charge is -2.12. The topological polar surface area (TPSA) is 113 Å². The number of para-hydroxylation sites is 1. The summed E-state index contributed by atoms with van der Waals surface area (Å²) in [5.74, 6) is -2.95. The maximum absolute atomic E-state index is 11.4. The molecule has 0 radical (unpaired) electrons. The van der Waals surface area contributed by atoms with Gasteiger partial charge >= 0.3 is 11.9 Å². The highest BCUT2D eigenvalue weighted by Gasteiger charge is 2.22. The fraction of sp³-hybridized carbons (Fsp3) is 0.250. The lowest BCUT2D eigenvalue weighted by atomic mass is 10.2. The van der Waals surface area contributed by atoms with Gasteiger partial charge in [0.05, 0.1) is 6.42 Å². The van der Waals surface area contributed by atoms with E-state index in [1.807, 2.05) is 0 Å². The van der Waals surface area contributed by atoms with Gasteiger partial charge in [0.2, 0.25) is 0 Å². The minimum absolute atomic E-state index is 0.382. The fourth-order valence-electron chi connectivity index (χ4n) is 1.28. The first kappa shape index (κ1) is 14.5. The maximum Gasteiger partial charge on any atom is 0.326 e. The normalized spacial score (nSPS) is 11.4. The molecular formula is C12H13NO6. The Hall–Kier alpha value is -2.57. The Balaban J connectivity index is 2.45. The molecule has 3 N–H and O–H groups in total. The molecule has 1 rings (SSSR count). The number of ether oxygens (including phenoxy) is 1. The van der Waals surface area contributed by atoms with Gasteiger partial charge in [-0.05, 0) is 12.1 Å². The Bertz CT molecular complexity index is 459. The highest BCUT2D eigenvalue weighted by Crippen LogP contribution is 2.07. The van der Waals surface area contributed by atoms with Crippen LogP contribution in [0.25, 0.3) is 0 Å². The van der Waals surface area contributed by atoms with Gasteiger partial charge in [0.1, 0.15) is 11.8 Å². The largest absolute Gasteiger partial charge is 0.484 e. The van der Waals surface area contributed by atoms with Crippen molar-refractivity contribution in [1.82, 2.24) is 5.32 Å². The van der Waals surface area contributed by atoms with E-state index in [-0.39, 0.29) is 6.61 Å². The molecule has 0 fully saturated rings. The van der Waals surface area contributed by atoms with E-state index in [0.29, 0.717) is 5.75 Å². The van der Waals surface area contributed by atoms with Gasteiger partial charge in [0, 0.05) is 0 Å². The molecule has 0 aliphatic rings. The summed E-state index contributed by atoms with van der Waals surface area (Å²) in [5.41, 5.74) is 0. The Labute approximate surface area is 108 Å². The third kappa shape index (κ3) is 5.53. The van der Waals surface area contributed by atoms with Crippen LogP contribution in [0, 0.1) is 0 Å². The van der Waals surface area contributed by atoms with Crippen molar-refractivity contribution in [3.8, 4) is 5.75 Å². The highest BCUT2D eigenvalue weighted by molar-refractivity contribution is 5.87. The van der Waals surface area contributed by atoms with Crippen molar-refractivity contribution in [3.63, 3.8) is 0 Å². The molecule has 0 aliphatic heterocycles. The van der Waals surface area contributed by atoms with Crippen LogP contribution in [0.2, 0.25) is 0 Å². The highest BCUT2D eigenvalue weighted by atomic mass is 16.5. The Morgan fingerprint density at radius 2 is 1.79 bits per heavy atom. The Kier molecular flexibility index (Phi) is 5.34. The van der Waals surface area contributed by atoms with Crippen LogP contribution in [0.5, 0.6) is 5.75 Å². The minimum Gasteiger partial charge on any atom is -0.484 e. The number of carboxylic acid groups (broad SMARTS) is 2. The number of hydrogen-bond donors (Lipinski definition) is 3. The zero-order chi connectivity index (χ0) is 14.3. The molecule has 7 heteroatoms. The van der Waals surface area contributed by atoms with E-state index >= 15 is 0 Å². The molecule has 0 aromatic heterocycles. The molecule has 0 bridgehead atoms. The van der Waals surface area contributed by atoms with Gasteiger partial charge in [-0.3, -0.25) is 9.59 Å². The van der Waals surface area contributed by atoms with Crippen LogP contribution >= 0.6 is 0 Å². The van der Waals surface area contributed by atoms with Crippen LogP contribution < -0.4 is 10.1 Å². The van der Waals surface area contributed by atoms with Crippen molar-refractivity contribution < 1.29 is 29.3 Å².